The van der Waals surface area contributed by atoms with Crippen LogP contribution in [0.25, 0.3) is 0 Å². The smallest absolute Gasteiger partial charge is 0.305 e. The molecule has 6 heteroatoms. The van der Waals surface area contributed by atoms with Gasteiger partial charge in [-0.2, -0.15) is 4.39 Å². The van der Waals surface area contributed by atoms with Gasteiger partial charge < -0.3 is 9.84 Å². The lowest BCUT2D eigenvalue weighted by Gasteiger charge is -2.20. The fraction of sp³-hybridized carbons (Fsp3) is 0.400. The average molecular weight is 227 g/mol. The average Bonchev–Trinajstić information content (AvgIpc) is 2.53. The highest BCUT2D eigenvalue weighted by Gasteiger charge is 2.36. The van der Waals surface area contributed by atoms with Crippen molar-refractivity contribution in [3.8, 4) is 5.75 Å². The van der Waals surface area contributed by atoms with Gasteiger partial charge in [0, 0.05) is 24.1 Å². The van der Waals surface area contributed by atoms with Crippen LogP contribution >= 0.6 is 0 Å². The van der Waals surface area contributed by atoms with E-state index in [1.807, 2.05) is 0 Å². The largest absolute Gasteiger partial charge is 0.484 e. The zero-order valence-corrected chi connectivity index (χ0v) is 8.57. The third-order valence-electron chi connectivity index (χ3n) is 2.58. The molecule has 2 rings (SSSR count). The van der Waals surface area contributed by atoms with Crippen molar-refractivity contribution in [2.75, 3.05) is 6.61 Å². The van der Waals surface area contributed by atoms with E-state index in [9.17, 15) is 14.5 Å². The molecule has 0 spiro atoms. The number of hydrogen-bond acceptors (Lipinski definition) is 4. The van der Waals surface area contributed by atoms with Crippen molar-refractivity contribution in [3.05, 3.63) is 33.6 Å². The minimum absolute atomic E-state index is 0.225. The molecule has 1 atom stereocenters. The standard InChI is InChI=1S/C10H10FNO4/c1-10(5-13)4-6-2-8(12(14)15)7(11)3-9(6)16-10/h2-3,13H,4-5H2,1H3. The molecule has 1 aromatic rings. The Balaban J connectivity index is 2.45. The second-order valence-electron chi connectivity index (χ2n) is 4.06. The Hall–Kier alpha value is -1.69. The third kappa shape index (κ3) is 1.61. The molecule has 1 aromatic carbocycles. The highest BCUT2D eigenvalue weighted by molar-refractivity contribution is 5.48. The molecule has 1 aliphatic rings. The van der Waals surface area contributed by atoms with Crippen LogP contribution in [-0.4, -0.2) is 22.2 Å². The van der Waals surface area contributed by atoms with E-state index >= 15 is 0 Å². The van der Waals surface area contributed by atoms with Crippen molar-refractivity contribution >= 4 is 5.69 Å². The number of halogens is 1. The van der Waals surface area contributed by atoms with Gasteiger partial charge in [-0.05, 0) is 6.92 Å². The Labute approximate surface area is 90.6 Å². The first-order chi connectivity index (χ1) is 7.45. The fourth-order valence-corrected chi connectivity index (χ4v) is 1.75. The van der Waals surface area contributed by atoms with Crippen LogP contribution in [0.4, 0.5) is 10.1 Å². The van der Waals surface area contributed by atoms with E-state index in [2.05, 4.69) is 0 Å². The van der Waals surface area contributed by atoms with Gasteiger partial charge in [0.05, 0.1) is 11.5 Å². The van der Waals surface area contributed by atoms with Gasteiger partial charge in [-0.25, -0.2) is 0 Å². The van der Waals surface area contributed by atoms with Crippen molar-refractivity contribution in [1.82, 2.24) is 0 Å². The highest BCUT2D eigenvalue weighted by atomic mass is 19.1. The number of nitro groups is 1. The molecule has 0 fully saturated rings. The summed E-state index contributed by atoms with van der Waals surface area (Å²) in [5.41, 5.74) is -0.835. The summed E-state index contributed by atoms with van der Waals surface area (Å²) in [5, 5.41) is 19.6. The predicted octanol–water partition coefficient (Wildman–Crippen LogP) is 1.42. The van der Waals surface area contributed by atoms with E-state index in [4.69, 9.17) is 9.84 Å². The summed E-state index contributed by atoms with van der Waals surface area (Å²) in [5.74, 6) is -0.661. The zero-order valence-electron chi connectivity index (χ0n) is 8.57. The number of ether oxygens (including phenoxy) is 1. The lowest BCUT2D eigenvalue weighted by Crippen LogP contribution is -2.34. The lowest BCUT2D eigenvalue weighted by molar-refractivity contribution is -0.387. The number of benzene rings is 1. The Morgan fingerprint density at radius 1 is 1.69 bits per heavy atom. The Morgan fingerprint density at radius 2 is 2.38 bits per heavy atom. The van der Waals surface area contributed by atoms with E-state index in [-0.39, 0.29) is 12.4 Å². The summed E-state index contributed by atoms with van der Waals surface area (Å²) in [6.45, 7) is 1.44. The molecule has 0 aromatic heterocycles. The molecule has 0 radical (unpaired) electrons. The van der Waals surface area contributed by atoms with Gasteiger partial charge in [0.2, 0.25) is 5.82 Å². The number of hydrogen-bond donors (Lipinski definition) is 1. The van der Waals surface area contributed by atoms with E-state index < -0.39 is 22.0 Å². The van der Waals surface area contributed by atoms with Crippen LogP contribution in [0.5, 0.6) is 5.75 Å². The Kier molecular flexibility index (Phi) is 2.31. The number of rotatable bonds is 2. The molecule has 0 saturated carbocycles. The predicted molar refractivity (Wildman–Crippen MR) is 52.9 cm³/mol. The lowest BCUT2D eigenvalue weighted by atomic mass is 10.00. The van der Waals surface area contributed by atoms with E-state index in [1.54, 1.807) is 6.92 Å². The molecular formula is C10H10FNO4. The Morgan fingerprint density at radius 3 is 2.94 bits per heavy atom. The molecule has 0 saturated heterocycles. The first kappa shape index (κ1) is 10.8. The van der Waals surface area contributed by atoms with Crippen LogP contribution in [0.15, 0.2) is 12.1 Å². The first-order valence-corrected chi connectivity index (χ1v) is 4.72. The molecule has 0 aliphatic carbocycles. The first-order valence-electron chi connectivity index (χ1n) is 4.72. The molecular weight excluding hydrogens is 217 g/mol. The number of fused-ring (bicyclic) bond motifs is 1. The monoisotopic (exact) mass is 227 g/mol. The molecule has 1 heterocycles. The maximum atomic E-state index is 13.3. The van der Waals surface area contributed by atoms with E-state index in [0.717, 1.165) is 12.1 Å². The molecule has 86 valence electrons. The third-order valence-corrected chi connectivity index (χ3v) is 2.58. The molecule has 1 aliphatic heterocycles. The molecule has 16 heavy (non-hydrogen) atoms. The number of nitrogens with zero attached hydrogens (tertiary/aromatic N) is 1. The fourth-order valence-electron chi connectivity index (χ4n) is 1.75. The molecule has 0 bridgehead atoms. The molecule has 1 N–H and O–H groups in total. The van der Waals surface area contributed by atoms with Crippen LogP contribution in [-0.2, 0) is 6.42 Å². The van der Waals surface area contributed by atoms with Gasteiger partial charge in [-0.15, -0.1) is 0 Å². The minimum atomic E-state index is -0.925. The van der Waals surface area contributed by atoms with Crippen LogP contribution < -0.4 is 4.74 Å². The SMILES string of the molecule is CC1(CO)Cc2cc([N+](=O)[O-])c(F)cc2O1. The minimum Gasteiger partial charge on any atom is -0.484 e. The quantitative estimate of drug-likeness (QED) is 0.612. The van der Waals surface area contributed by atoms with Crippen LogP contribution in [0, 0.1) is 15.9 Å². The van der Waals surface area contributed by atoms with E-state index in [0.29, 0.717) is 12.0 Å². The summed E-state index contributed by atoms with van der Waals surface area (Å²) in [6.07, 6.45) is 0.333. The van der Waals surface area contributed by atoms with Gasteiger partial charge in [-0.3, -0.25) is 10.1 Å². The normalized spacial score (nSPS) is 22.7. The van der Waals surface area contributed by atoms with Crippen LogP contribution in [0.2, 0.25) is 0 Å². The molecule has 1 unspecified atom stereocenters. The van der Waals surface area contributed by atoms with Gasteiger partial charge in [0.25, 0.3) is 0 Å². The van der Waals surface area contributed by atoms with Gasteiger partial charge in [-0.1, -0.05) is 0 Å². The second kappa shape index (κ2) is 3.41. The summed E-state index contributed by atoms with van der Waals surface area (Å²) in [7, 11) is 0. The summed E-state index contributed by atoms with van der Waals surface area (Å²) in [6, 6.07) is 2.15. The summed E-state index contributed by atoms with van der Waals surface area (Å²) >= 11 is 0. The van der Waals surface area contributed by atoms with Crippen molar-refractivity contribution in [1.29, 1.82) is 0 Å². The highest BCUT2D eigenvalue weighted by Crippen LogP contribution is 2.38. The topological polar surface area (TPSA) is 72.6 Å². The molecule has 0 amide bonds. The molecule has 5 nitrogen and oxygen atoms in total. The number of nitro benzene ring substituents is 1. The zero-order chi connectivity index (χ0) is 11.9. The van der Waals surface area contributed by atoms with Gasteiger partial charge >= 0.3 is 5.69 Å². The van der Waals surface area contributed by atoms with E-state index in [1.165, 1.54) is 0 Å². The van der Waals surface area contributed by atoms with Crippen LogP contribution in [0.3, 0.4) is 0 Å². The van der Waals surface area contributed by atoms with Crippen molar-refractivity contribution in [2.45, 2.75) is 18.9 Å². The second-order valence-corrected chi connectivity index (χ2v) is 4.06. The van der Waals surface area contributed by atoms with Gasteiger partial charge in [0.1, 0.15) is 11.4 Å². The Bertz CT molecular complexity index is 462. The van der Waals surface area contributed by atoms with Crippen molar-refractivity contribution < 1.29 is 19.2 Å². The maximum Gasteiger partial charge on any atom is 0.305 e. The maximum absolute atomic E-state index is 13.3. The number of aliphatic hydroxyl groups is 1. The van der Waals surface area contributed by atoms with Crippen molar-refractivity contribution in [3.63, 3.8) is 0 Å². The van der Waals surface area contributed by atoms with Gasteiger partial charge in [0.15, 0.2) is 0 Å². The number of aliphatic hydroxyl groups excluding tert-OH is 1. The van der Waals surface area contributed by atoms with Crippen molar-refractivity contribution in [2.24, 2.45) is 0 Å². The summed E-state index contributed by atoms with van der Waals surface area (Å²) < 4.78 is 18.6. The van der Waals surface area contributed by atoms with Crippen LogP contribution in [0.1, 0.15) is 12.5 Å². The summed E-state index contributed by atoms with van der Waals surface area (Å²) in [4.78, 5) is 9.75.